The summed E-state index contributed by atoms with van der Waals surface area (Å²) in [6.07, 6.45) is 1.49. The van der Waals surface area contributed by atoms with Gasteiger partial charge >= 0.3 is 6.03 Å². The number of carbonyl (C=O) groups excluding carboxylic acids is 2. The molecule has 132 valence electrons. The highest BCUT2D eigenvalue weighted by atomic mass is 16.6. The van der Waals surface area contributed by atoms with E-state index in [-0.39, 0.29) is 17.9 Å². The molecule has 0 aliphatic carbocycles. The Hall–Kier alpha value is -2.94. The van der Waals surface area contributed by atoms with Gasteiger partial charge in [0.15, 0.2) is 0 Å². The van der Waals surface area contributed by atoms with Gasteiger partial charge in [-0.2, -0.15) is 0 Å². The zero-order valence-electron chi connectivity index (χ0n) is 13.7. The van der Waals surface area contributed by atoms with E-state index in [2.05, 4.69) is 5.32 Å². The minimum atomic E-state index is -0.489. The van der Waals surface area contributed by atoms with Crippen LogP contribution in [-0.2, 0) is 9.53 Å². The summed E-state index contributed by atoms with van der Waals surface area (Å²) in [6, 6.07) is 4.01. The molecule has 0 bridgehead atoms. The Morgan fingerprint density at radius 1 is 1.32 bits per heavy atom. The number of nitrogens with zero attached hydrogens (tertiary/aromatic N) is 3. The Labute approximate surface area is 144 Å². The number of rotatable bonds is 4. The van der Waals surface area contributed by atoms with E-state index < -0.39 is 16.9 Å². The molecule has 0 spiro atoms. The second-order valence-corrected chi connectivity index (χ2v) is 5.64. The molecule has 0 saturated carbocycles. The Morgan fingerprint density at radius 2 is 2.04 bits per heavy atom. The zero-order chi connectivity index (χ0) is 18.0. The summed E-state index contributed by atoms with van der Waals surface area (Å²) >= 11 is 0. The molecule has 2 aliphatic rings. The number of hydrogen-bond donors (Lipinski definition) is 1. The van der Waals surface area contributed by atoms with Gasteiger partial charge in [0.05, 0.1) is 18.1 Å². The van der Waals surface area contributed by atoms with Gasteiger partial charge in [-0.15, -0.1) is 0 Å². The topological polar surface area (TPSA) is 105 Å². The summed E-state index contributed by atoms with van der Waals surface area (Å²) in [4.78, 5) is 37.8. The number of nitro groups is 1. The molecule has 0 atom stereocenters. The quantitative estimate of drug-likeness (QED) is 0.382. The number of likely N-dealkylation sites (N-methyl/N-ethyl adjacent to an activating group) is 1. The molecule has 9 nitrogen and oxygen atoms in total. The van der Waals surface area contributed by atoms with Gasteiger partial charge in [0.25, 0.3) is 11.6 Å². The van der Waals surface area contributed by atoms with Crippen LogP contribution >= 0.6 is 0 Å². The van der Waals surface area contributed by atoms with Crippen molar-refractivity contribution in [3.8, 4) is 0 Å². The van der Waals surface area contributed by atoms with Gasteiger partial charge < -0.3 is 15.0 Å². The van der Waals surface area contributed by atoms with Crippen LogP contribution in [0.3, 0.4) is 0 Å². The Kier molecular flexibility index (Phi) is 4.66. The molecule has 1 aromatic rings. The number of carbonyl (C=O) groups is 2. The molecule has 3 rings (SSSR count). The number of urea groups is 1. The third-order valence-corrected chi connectivity index (χ3v) is 4.15. The van der Waals surface area contributed by atoms with Gasteiger partial charge in [0.1, 0.15) is 5.70 Å². The zero-order valence-corrected chi connectivity index (χ0v) is 13.7. The highest BCUT2D eigenvalue weighted by Crippen LogP contribution is 2.29. The van der Waals surface area contributed by atoms with Crippen LogP contribution in [0.15, 0.2) is 23.9 Å². The maximum atomic E-state index is 12.3. The Balaban J connectivity index is 2.02. The van der Waals surface area contributed by atoms with Crippen molar-refractivity contribution in [2.75, 3.05) is 37.7 Å². The first-order valence-electron chi connectivity index (χ1n) is 7.97. The second-order valence-electron chi connectivity index (χ2n) is 5.64. The summed E-state index contributed by atoms with van der Waals surface area (Å²) in [5, 5.41) is 13.6. The minimum Gasteiger partial charge on any atom is -0.378 e. The second kappa shape index (κ2) is 6.89. The molecular weight excluding hydrogens is 328 g/mol. The van der Waals surface area contributed by atoms with E-state index in [1.807, 2.05) is 4.90 Å². The van der Waals surface area contributed by atoms with Crippen molar-refractivity contribution < 1.29 is 19.2 Å². The lowest BCUT2D eigenvalue weighted by atomic mass is 10.1. The lowest BCUT2D eigenvalue weighted by Crippen LogP contribution is -2.36. The Bertz CT molecular complexity index is 755. The number of morpholine rings is 1. The monoisotopic (exact) mass is 346 g/mol. The third-order valence-electron chi connectivity index (χ3n) is 4.15. The smallest absolute Gasteiger partial charge is 0.328 e. The van der Waals surface area contributed by atoms with Crippen LogP contribution in [0.4, 0.5) is 16.2 Å². The predicted molar refractivity (Wildman–Crippen MR) is 90.0 cm³/mol. The maximum Gasteiger partial charge on any atom is 0.328 e. The number of amides is 3. The molecule has 1 N–H and O–H groups in total. The molecule has 0 unspecified atom stereocenters. The SMILES string of the molecule is CCN1C(=O)NC(=Cc2cc([N+](=O)[O-])ccc2N2CCOCC2)C1=O. The average Bonchev–Trinajstić information content (AvgIpc) is 2.88. The van der Waals surface area contributed by atoms with Crippen LogP contribution in [0.1, 0.15) is 12.5 Å². The number of nitrogens with one attached hydrogen (secondary N) is 1. The van der Waals surface area contributed by atoms with E-state index in [1.165, 1.54) is 18.2 Å². The lowest BCUT2D eigenvalue weighted by molar-refractivity contribution is -0.384. The molecule has 2 heterocycles. The first kappa shape index (κ1) is 16.9. The summed E-state index contributed by atoms with van der Waals surface area (Å²) in [7, 11) is 0. The number of ether oxygens (including phenoxy) is 1. The van der Waals surface area contributed by atoms with Crippen LogP contribution in [0.5, 0.6) is 0 Å². The van der Waals surface area contributed by atoms with E-state index in [4.69, 9.17) is 4.74 Å². The van der Waals surface area contributed by atoms with Gasteiger partial charge in [-0.25, -0.2) is 4.79 Å². The summed E-state index contributed by atoms with van der Waals surface area (Å²) in [5.41, 5.74) is 1.31. The van der Waals surface area contributed by atoms with Crippen LogP contribution in [0.2, 0.25) is 0 Å². The lowest BCUT2D eigenvalue weighted by Gasteiger charge is -2.30. The number of nitro benzene ring substituents is 1. The number of anilines is 1. The molecule has 3 amide bonds. The van der Waals surface area contributed by atoms with Gasteiger partial charge in [-0.05, 0) is 19.1 Å². The van der Waals surface area contributed by atoms with E-state index in [1.54, 1.807) is 13.0 Å². The van der Waals surface area contributed by atoms with Gasteiger partial charge in [-0.1, -0.05) is 0 Å². The average molecular weight is 346 g/mol. The standard InChI is InChI=1S/C16H18N4O5/c1-2-19-15(21)13(17-16(19)22)10-11-9-12(20(23)24)3-4-14(11)18-5-7-25-8-6-18/h3-4,9-10H,2,5-8H2,1H3,(H,17,22). The largest absolute Gasteiger partial charge is 0.378 e. The summed E-state index contributed by atoms with van der Waals surface area (Å²) in [5.74, 6) is -0.438. The van der Waals surface area contributed by atoms with Crippen molar-refractivity contribution in [3.05, 3.63) is 39.6 Å². The van der Waals surface area contributed by atoms with Crippen molar-refractivity contribution >= 4 is 29.4 Å². The molecule has 2 saturated heterocycles. The highest BCUT2D eigenvalue weighted by molar-refractivity contribution is 6.14. The number of benzene rings is 1. The molecule has 2 fully saturated rings. The number of hydrogen-bond acceptors (Lipinski definition) is 6. The van der Waals surface area contributed by atoms with E-state index >= 15 is 0 Å². The normalized spacial score (nSPS) is 19.5. The molecule has 25 heavy (non-hydrogen) atoms. The summed E-state index contributed by atoms with van der Waals surface area (Å²) in [6.45, 7) is 4.38. The predicted octanol–water partition coefficient (Wildman–Crippen LogP) is 1.34. The van der Waals surface area contributed by atoms with Gasteiger partial charge in [0, 0.05) is 43.0 Å². The minimum absolute atomic E-state index is 0.0759. The van der Waals surface area contributed by atoms with Crippen LogP contribution in [0, 0.1) is 10.1 Å². The van der Waals surface area contributed by atoms with E-state index in [9.17, 15) is 19.7 Å². The number of imide groups is 1. The molecule has 9 heteroatoms. The first-order chi connectivity index (χ1) is 12.0. The van der Waals surface area contributed by atoms with Crippen LogP contribution in [0.25, 0.3) is 6.08 Å². The van der Waals surface area contributed by atoms with Gasteiger partial charge in [0.2, 0.25) is 0 Å². The number of non-ortho nitro benzene ring substituents is 1. The fourth-order valence-electron chi connectivity index (χ4n) is 2.88. The van der Waals surface area contributed by atoms with Crippen molar-refractivity contribution in [1.29, 1.82) is 0 Å². The highest BCUT2D eigenvalue weighted by Gasteiger charge is 2.32. The third kappa shape index (κ3) is 3.31. The van der Waals surface area contributed by atoms with Crippen LogP contribution in [-0.4, -0.2) is 54.6 Å². The molecule has 2 aliphatic heterocycles. The first-order valence-corrected chi connectivity index (χ1v) is 7.97. The molecule has 1 aromatic carbocycles. The maximum absolute atomic E-state index is 12.3. The Morgan fingerprint density at radius 3 is 2.64 bits per heavy atom. The summed E-state index contributed by atoms with van der Waals surface area (Å²) < 4.78 is 5.33. The molecule has 0 aromatic heterocycles. The van der Waals surface area contributed by atoms with Crippen LogP contribution < -0.4 is 10.2 Å². The van der Waals surface area contributed by atoms with Crippen molar-refractivity contribution in [3.63, 3.8) is 0 Å². The fourth-order valence-corrected chi connectivity index (χ4v) is 2.88. The molecule has 0 radical (unpaired) electrons. The van der Waals surface area contributed by atoms with E-state index in [0.29, 0.717) is 31.9 Å². The van der Waals surface area contributed by atoms with Gasteiger partial charge in [-0.3, -0.25) is 19.8 Å². The van der Waals surface area contributed by atoms with Crippen molar-refractivity contribution in [2.45, 2.75) is 6.92 Å². The van der Waals surface area contributed by atoms with Crippen molar-refractivity contribution in [1.82, 2.24) is 10.2 Å². The molecular formula is C16H18N4O5. The van der Waals surface area contributed by atoms with E-state index in [0.717, 1.165) is 10.6 Å². The van der Waals surface area contributed by atoms with Crippen molar-refractivity contribution in [2.24, 2.45) is 0 Å². The fraction of sp³-hybridized carbons (Fsp3) is 0.375.